The number of rotatable bonds is 6. The molecule has 1 aliphatic rings. The highest BCUT2D eigenvalue weighted by atomic mass is 32.2. The number of hydrogen-bond acceptors (Lipinski definition) is 3. The van der Waals surface area contributed by atoms with Crippen molar-refractivity contribution in [2.24, 2.45) is 0 Å². The van der Waals surface area contributed by atoms with E-state index in [-0.39, 0.29) is 0 Å². The minimum Gasteiger partial charge on any atom is -0.316 e. The van der Waals surface area contributed by atoms with E-state index in [0.717, 1.165) is 25.9 Å². The van der Waals surface area contributed by atoms with Gasteiger partial charge in [0.15, 0.2) is 0 Å². The maximum Gasteiger partial charge on any atom is 0.0622 e. The second-order valence-electron chi connectivity index (χ2n) is 4.66. The molecule has 2 rings (SSSR count). The number of nitriles is 1. The molecule has 96 valence electrons. The van der Waals surface area contributed by atoms with Crippen LogP contribution in [-0.4, -0.2) is 18.8 Å². The first-order valence-corrected chi connectivity index (χ1v) is 7.71. The molecule has 1 N–H and O–H groups in total. The Balaban J connectivity index is 1.74. The van der Waals surface area contributed by atoms with Gasteiger partial charge in [0, 0.05) is 11.3 Å². The molecule has 0 saturated carbocycles. The monoisotopic (exact) mass is 260 g/mol. The lowest BCUT2D eigenvalue weighted by atomic mass is 10.0. The van der Waals surface area contributed by atoms with E-state index >= 15 is 0 Å². The van der Waals surface area contributed by atoms with Gasteiger partial charge in [-0.25, -0.2) is 0 Å². The third-order valence-electron chi connectivity index (χ3n) is 3.21. The van der Waals surface area contributed by atoms with E-state index in [1.807, 2.05) is 11.8 Å². The van der Waals surface area contributed by atoms with Crippen molar-refractivity contribution >= 4 is 11.8 Å². The quantitative estimate of drug-likeness (QED) is 0.798. The Kier molecular flexibility index (Phi) is 5.57. The first-order valence-electron chi connectivity index (χ1n) is 6.72. The molecule has 0 saturated heterocycles. The molecule has 2 nitrogen and oxygen atoms in total. The minimum absolute atomic E-state index is 0.656. The van der Waals surface area contributed by atoms with Crippen LogP contribution in [0.3, 0.4) is 0 Å². The number of aryl methyl sites for hydroxylation is 1. The van der Waals surface area contributed by atoms with Crippen LogP contribution in [0.15, 0.2) is 23.1 Å². The van der Waals surface area contributed by atoms with Gasteiger partial charge in [-0.3, -0.25) is 0 Å². The summed E-state index contributed by atoms with van der Waals surface area (Å²) in [6.07, 6.45) is 5.25. The molecular formula is C15H20N2S. The topological polar surface area (TPSA) is 35.8 Å². The summed E-state index contributed by atoms with van der Waals surface area (Å²) in [4.78, 5) is 1.48. The predicted octanol–water partition coefficient (Wildman–Crippen LogP) is 3.16. The van der Waals surface area contributed by atoms with Gasteiger partial charge in [-0.2, -0.15) is 5.26 Å². The van der Waals surface area contributed by atoms with Crippen LogP contribution in [0.4, 0.5) is 0 Å². The van der Waals surface area contributed by atoms with Crippen LogP contribution < -0.4 is 5.32 Å². The van der Waals surface area contributed by atoms with Crippen molar-refractivity contribution in [2.45, 2.75) is 37.0 Å². The summed E-state index contributed by atoms with van der Waals surface area (Å²) in [7, 11) is 0. The molecule has 18 heavy (non-hydrogen) atoms. The zero-order valence-electron chi connectivity index (χ0n) is 10.7. The van der Waals surface area contributed by atoms with Gasteiger partial charge < -0.3 is 5.32 Å². The highest BCUT2D eigenvalue weighted by Crippen LogP contribution is 2.30. The molecule has 1 aromatic carbocycles. The van der Waals surface area contributed by atoms with Crippen LogP contribution in [0.1, 0.15) is 30.4 Å². The van der Waals surface area contributed by atoms with E-state index in [0.29, 0.717) is 6.42 Å². The summed E-state index contributed by atoms with van der Waals surface area (Å²) < 4.78 is 0. The Labute approximate surface area is 114 Å². The van der Waals surface area contributed by atoms with Crippen LogP contribution in [0, 0.1) is 11.3 Å². The van der Waals surface area contributed by atoms with Crippen LogP contribution >= 0.6 is 11.8 Å². The number of fused-ring (bicyclic) bond motifs is 1. The normalized spacial score (nSPS) is 13.9. The molecule has 0 spiro atoms. The average molecular weight is 260 g/mol. The molecule has 1 aromatic rings. The third-order valence-corrected chi connectivity index (χ3v) is 4.41. The summed E-state index contributed by atoms with van der Waals surface area (Å²) in [6.45, 7) is 1.96. The second kappa shape index (κ2) is 7.45. The summed E-state index contributed by atoms with van der Waals surface area (Å²) in [5, 5.41) is 11.8. The highest BCUT2D eigenvalue weighted by Gasteiger charge is 2.09. The van der Waals surface area contributed by atoms with Crippen LogP contribution in [0.25, 0.3) is 0 Å². The van der Waals surface area contributed by atoms with E-state index in [4.69, 9.17) is 5.26 Å². The van der Waals surface area contributed by atoms with Gasteiger partial charge in [0.25, 0.3) is 0 Å². The molecule has 0 fully saturated rings. The fourth-order valence-electron chi connectivity index (χ4n) is 2.22. The number of nitrogens with zero attached hydrogens (tertiary/aromatic N) is 1. The molecule has 0 aliphatic carbocycles. The van der Waals surface area contributed by atoms with Gasteiger partial charge in [-0.05, 0) is 61.7 Å². The van der Waals surface area contributed by atoms with E-state index in [1.54, 1.807) is 0 Å². The molecule has 1 heterocycles. The fourth-order valence-corrected chi connectivity index (χ4v) is 3.24. The average Bonchev–Trinajstić information content (AvgIpc) is 2.42. The van der Waals surface area contributed by atoms with E-state index in [2.05, 4.69) is 29.6 Å². The number of unbranched alkanes of at least 4 members (excludes halogenated alkanes) is 1. The Morgan fingerprint density at radius 3 is 3.17 bits per heavy atom. The van der Waals surface area contributed by atoms with Crippen molar-refractivity contribution in [3.05, 3.63) is 29.3 Å². The van der Waals surface area contributed by atoms with Gasteiger partial charge in [0.2, 0.25) is 0 Å². The van der Waals surface area contributed by atoms with Gasteiger partial charge in [-0.15, -0.1) is 11.8 Å². The Morgan fingerprint density at radius 1 is 1.33 bits per heavy atom. The SMILES string of the molecule is N#CCCCNCCc1ccc2c(c1)CCCS2. The van der Waals surface area contributed by atoms with E-state index in [9.17, 15) is 0 Å². The number of nitrogens with one attached hydrogen (secondary N) is 1. The molecule has 0 radical (unpaired) electrons. The van der Waals surface area contributed by atoms with Gasteiger partial charge in [0.05, 0.1) is 6.07 Å². The molecule has 0 aromatic heterocycles. The second-order valence-corrected chi connectivity index (χ2v) is 5.79. The Bertz CT molecular complexity index is 423. The molecule has 0 amide bonds. The van der Waals surface area contributed by atoms with Crippen molar-refractivity contribution < 1.29 is 0 Å². The maximum atomic E-state index is 8.43. The highest BCUT2D eigenvalue weighted by molar-refractivity contribution is 7.99. The fraction of sp³-hybridized carbons (Fsp3) is 0.533. The van der Waals surface area contributed by atoms with E-state index < -0.39 is 0 Å². The molecule has 1 aliphatic heterocycles. The third kappa shape index (κ3) is 4.04. The predicted molar refractivity (Wildman–Crippen MR) is 76.9 cm³/mol. The maximum absolute atomic E-state index is 8.43. The lowest BCUT2D eigenvalue weighted by Crippen LogP contribution is -2.18. The molecule has 0 unspecified atom stereocenters. The van der Waals surface area contributed by atoms with Crippen LogP contribution in [-0.2, 0) is 12.8 Å². The largest absolute Gasteiger partial charge is 0.316 e. The Morgan fingerprint density at radius 2 is 2.28 bits per heavy atom. The standard InChI is InChI=1S/C15H20N2S/c16-8-1-2-9-17-10-7-13-5-6-15-14(12-13)4-3-11-18-15/h5-6,12,17H,1-4,7,9-11H2. The van der Waals surface area contributed by atoms with Crippen molar-refractivity contribution in [1.82, 2.24) is 5.32 Å². The van der Waals surface area contributed by atoms with Crippen molar-refractivity contribution in [3.8, 4) is 6.07 Å². The van der Waals surface area contributed by atoms with Gasteiger partial charge in [0.1, 0.15) is 0 Å². The molecule has 0 bridgehead atoms. The van der Waals surface area contributed by atoms with Crippen molar-refractivity contribution in [3.63, 3.8) is 0 Å². The number of hydrogen-bond donors (Lipinski definition) is 1. The number of thioether (sulfide) groups is 1. The minimum atomic E-state index is 0.656. The van der Waals surface area contributed by atoms with Crippen molar-refractivity contribution in [2.75, 3.05) is 18.8 Å². The van der Waals surface area contributed by atoms with Crippen LogP contribution in [0.2, 0.25) is 0 Å². The first kappa shape index (κ1) is 13.5. The smallest absolute Gasteiger partial charge is 0.0622 e. The summed E-state index contributed by atoms with van der Waals surface area (Å²) in [6, 6.07) is 9.08. The summed E-state index contributed by atoms with van der Waals surface area (Å²) in [5.41, 5.74) is 2.97. The number of benzene rings is 1. The van der Waals surface area contributed by atoms with Gasteiger partial charge >= 0.3 is 0 Å². The molecule has 0 atom stereocenters. The van der Waals surface area contributed by atoms with Gasteiger partial charge in [-0.1, -0.05) is 12.1 Å². The first-order chi connectivity index (χ1) is 8.90. The zero-order valence-corrected chi connectivity index (χ0v) is 11.6. The Hall–Kier alpha value is -0.980. The lowest BCUT2D eigenvalue weighted by Gasteiger charge is -2.16. The zero-order chi connectivity index (χ0) is 12.6. The van der Waals surface area contributed by atoms with Crippen LogP contribution in [0.5, 0.6) is 0 Å². The summed E-state index contributed by atoms with van der Waals surface area (Å²) in [5.74, 6) is 1.27. The summed E-state index contributed by atoms with van der Waals surface area (Å²) >= 11 is 1.99. The van der Waals surface area contributed by atoms with Crippen molar-refractivity contribution in [1.29, 1.82) is 5.26 Å². The van der Waals surface area contributed by atoms with E-state index in [1.165, 1.54) is 34.6 Å². The molecule has 3 heteroatoms. The lowest BCUT2D eigenvalue weighted by molar-refractivity contribution is 0.654. The molecular weight excluding hydrogens is 240 g/mol.